The first-order valence-corrected chi connectivity index (χ1v) is 11.7. The van der Waals surface area contributed by atoms with E-state index in [4.69, 9.17) is 10.5 Å². The number of nitrogens with one attached hydrogen (secondary N) is 1. The highest BCUT2D eigenvalue weighted by Crippen LogP contribution is 2.23. The van der Waals surface area contributed by atoms with Gasteiger partial charge in [0.2, 0.25) is 0 Å². The third-order valence-electron chi connectivity index (χ3n) is 5.53. The molecule has 1 aromatic heterocycles. The topological polar surface area (TPSA) is 110 Å². The summed E-state index contributed by atoms with van der Waals surface area (Å²) in [5.41, 5.74) is 6.42. The molecule has 0 saturated carbocycles. The molecule has 3 rings (SSSR count). The van der Waals surface area contributed by atoms with Crippen molar-refractivity contribution in [2.24, 2.45) is 0 Å². The first-order valence-electron chi connectivity index (χ1n) is 11.7. The number of benzene rings is 2. The van der Waals surface area contributed by atoms with Crippen molar-refractivity contribution >= 4 is 17.4 Å². The highest BCUT2D eigenvalue weighted by atomic mass is 16.5. The van der Waals surface area contributed by atoms with Gasteiger partial charge in [-0.2, -0.15) is 0 Å². The molecule has 0 saturated heterocycles. The van der Waals surface area contributed by atoms with Crippen LogP contribution in [0.5, 0.6) is 5.75 Å². The standard InChI is InChI=1S/C26H32N4O4/c1-3-5-15-29(22-23(27)30(16-6-4-2)26(33)28-24(22)31)25(32)20-13-10-14-21(17-20)34-18-19-11-8-7-9-12-19/h7-14,17H,3-6,15-16,18,27H2,1-2H3,(H,28,31,33). The lowest BCUT2D eigenvalue weighted by atomic mass is 10.1. The van der Waals surface area contributed by atoms with Gasteiger partial charge in [-0.3, -0.25) is 19.1 Å². The zero-order valence-electron chi connectivity index (χ0n) is 19.8. The molecule has 0 aliphatic carbocycles. The maximum Gasteiger partial charge on any atom is 0.330 e. The van der Waals surface area contributed by atoms with Crippen LogP contribution in [0.4, 0.5) is 11.5 Å². The molecule has 34 heavy (non-hydrogen) atoms. The molecule has 0 radical (unpaired) electrons. The fraction of sp³-hybridized carbons (Fsp3) is 0.346. The van der Waals surface area contributed by atoms with Crippen molar-refractivity contribution in [2.75, 3.05) is 17.2 Å². The van der Waals surface area contributed by atoms with Gasteiger partial charge in [-0.25, -0.2) is 4.79 Å². The molecular weight excluding hydrogens is 432 g/mol. The smallest absolute Gasteiger partial charge is 0.330 e. The Hall–Kier alpha value is -3.81. The van der Waals surface area contributed by atoms with E-state index in [0.717, 1.165) is 24.8 Å². The van der Waals surface area contributed by atoms with Crippen LogP contribution in [0.25, 0.3) is 0 Å². The third kappa shape index (κ3) is 5.95. The first kappa shape index (κ1) is 24.8. The number of carbonyl (C=O) groups is 1. The Bertz CT molecular complexity index is 1220. The Morgan fingerprint density at radius 3 is 2.47 bits per heavy atom. The maximum atomic E-state index is 13.6. The molecule has 3 aromatic rings. The Labute approximate surface area is 199 Å². The summed E-state index contributed by atoms with van der Waals surface area (Å²) < 4.78 is 7.19. The van der Waals surface area contributed by atoms with Crippen LogP contribution in [0, 0.1) is 0 Å². The number of aromatic nitrogens is 2. The largest absolute Gasteiger partial charge is 0.489 e. The second-order valence-electron chi connectivity index (χ2n) is 8.11. The van der Waals surface area contributed by atoms with Crippen molar-refractivity contribution in [3.8, 4) is 5.75 Å². The van der Waals surface area contributed by atoms with Crippen molar-refractivity contribution in [1.29, 1.82) is 0 Å². The summed E-state index contributed by atoms with van der Waals surface area (Å²) in [6.07, 6.45) is 3.06. The second kappa shape index (κ2) is 11.9. The van der Waals surface area contributed by atoms with Gasteiger partial charge in [-0.05, 0) is 36.6 Å². The molecule has 0 spiro atoms. The summed E-state index contributed by atoms with van der Waals surface area (Å²) >= 11 is 0. The number of nitrogens with zero attached hydrogens (tertiary/aromatic N) is 2. The van der Waals surface area contributed by atoms with Gasteiger partial charge in [0.05, 0.1) is 0 Å². The number of nitrogens with two attached hydrogens (primary N) is 1. The average Bonchev–Trinajstić information content (AvgIpc) is 2.85. The van der Waals surface area contributed by atoms with Gasteiger partial charge >= 0.3 is 5.69 Å². The monoisotopic (exact) mass is 464 g/mol. The number of nitrogen functional groups attached to an aromatic ring is 1. The van der Waals surface area contributed by atoms with Crippen molar-refractivity contribution < 1.29 is 9.53 Å². The molecule has 2 aromatic carbocycles. The molecule has 1 amide bonds. The van der Waals surface area contributed by atoms with Gasteiger partial charge in [0.1, 0.15) is 18.2 Å². The molecule has 8 nitrogen and oxygen atoms in total. The minimum Gasteiger partial charge on any atom is -0.489 e. The zero-order valence-corrected chi connectivity index (χ0v) is 19.8. The summed E-state index contributed by atoms with van der Waals surface area (Å²) in [7, 11) is 0. The van der Waals surface area contributed by atoms with Gasteiger partial charge in [0.25, 0.3) is 11.5 Å². The van der Waals surface area contributed by atoms with Crippen LogP contribution in [0.1, 0.15) is 55.5 Å². The number of aromatic amines is 1. The number of rotatable bonds is 11. The number of unbranched alkanes of at least 4 members (excludes halogenated alkanes) is 2. The van der Waals surface area contributed by atoms with E-state index in [-0.39, 0.29) is 17.4 Å². The van der Waals surface area contributed by atoms with Crippen molar-refractivity contribution in [3.63, 3.8) is 0 Å². The van der Waals surface area contributed by atoms with Gasteiger partial charge in [0.15, 0.2) is 5.69 Å². The zero-order chi connectivity index (χ0) is 24.5. The molecule has 8 heteroatoms. The first-order chi connectivity index (χ1) is 16.5. The summed E-state index contributed by atoms with van der Waals surface area (Å²) in [6.45, 7) is 5.02. The average molecular weight is 465 g/mol. The number of hydrogen-bond donors (Lipinski definition) is 2. The number of ether oxygens (including phenoxy) is 1. The van der Waals surface area contributed by atoms with Crippen LogP contribution in [-0.2, 0) is 13.2 Å². The van der Waals surface area contributed by atoms with Crippen LogP contribution < -0.4 is 26.6 Å². The van der Waals surface area contributed by atoms with E-state index in [1.54, 1.807) is 24.3 Å². The number of carbonyl (C=O) groups excluding carboxylic acids is 1. The Kier molecular flexibility index (Phi) is 8.67. The molecule has 0 aliphatic heterocycles. The summed E-state index contributed by atoms with van der Waals surface area (Å²) in [6, 6.07) is 16.6. The highest BCUT2D eigenvalue weighted by molar-refractivity contribution is 6.07. The lowest BCUT2D eigenvalue weighted by Gasteiger charge is -2.24. The van der Waals surface area contributed by atoms with E-state index in [0.29, 0.717) is 37.4 Å². The van der Waals surface area contributed by atoms with Gasteiger partial charge < -0.3 is 15.4 Å². The van der Waals surface area contributed by atoms with Crippen LogP contribution >= 0.6 is 0 Å². The molecule has 180 valence electrons. The molecule has 0 unspecified atom stereocenters. The lowest BCUT2D eigenvalue weighted by Crippen LogP contribution is -2.41. The number of amides is 1. The fourth-order valence-corrected chi connectivity index (χ4v) is 3.62. The molecule has 0 fully saturated rings. The van der Waals surface area contributed by atoms with Gasteiger partial charge in [0, 0.05) is 18.7 Å². The van der Waals surface area contributed by atoms with Crippen LogP contribution in [0.2, 0.25) is 0 Å². The molecule has 1 heterocycles. The predicted octanol–water partition coefficient (Wildman–Crippen LogP) is 3.94. The number of anilines is 2. The van der Waals surface area contributed by atoms with E-state index in [1.807, 2.05) is 44.2 Å². The predicted molar refractivity (Wildman–Crippen MR) is 134 cm³/mol. The van der Waals surface area contributed by atoms with E-state index in [9.17, 15) is 14.4 Å². The molecule has 0 bridgehead atoms. The van der Waals surface area contributed by atoms with E-state index < -0.39 is 11.2 Å². The summed E-state index contributed by atoms with van der Waals surface area (Å²) in [5, 5.41) is 0. The Balaban J connectivity index is 1.94. The number of hydrogen-bond acceptors (Lipinski definition) is 5. The molecular formula is C26H32N4O4. The quantitative estimate of drug-likeness (QED) is 0.446. The van der Waals surface area contributed by atoms with Crippen LogP contribution in [0.15, 0.2) is 64.2 Å². The lowest BCUT2D eigenvalue weighted by molar-refractivity contribution is 0.0985. The Morgan fingerprint density at radius 1 is 1.03 bits per heavy atom. The minimum absolute atomic E-state index is 0.00290. The van der Waals surface area contributed by atoms with E-state index in [2.05, 4.69) is 4.98 Å². The summed E-state index contributed by atoms with van der Waals surface area (Å²) in [5.74, 6) is 0.166. The normalized spacial score (nSPS) is 10.8. The van der Waals surface area contributed by atoms with Crippen LogP contribution in [-0.4, -0.2) is 22.0 Å². The van der Waals surface area contributed by atoms with Crippen LogP contribution in [0.3, 0.4) is 0 Å². The molecule has 3 N–H and O–H groups in total. The van der Waals surface area contributed by atoms with Gasteiger partial charge in [-0.1, -0.05) is 63.1 Å². The van der Waals surface area contributed by atoms with E-state index in [1.165, 1.54) is 9.47 Å². The fourth-order valence-electron chi connectivity index (χ4n) is 3.62. The van der Waals surface area contributed by atoms with Gasteiger partial charge in [-0.15, -0.1) is 0 Å². The maximum absolute atomic E-state index is 13.6. The number of H-pyrrole nitrogens is 1. The molecule has 0 atom stereocenters. The highest BCUT2D eigenvalue weighted by Gasteiger charge is 2.25. The Morgan fingerprint density at radius 2 is 1.76 bits per heavy atom. The van der Waals surface area contributed by atoms with E-state index >= 15 is 0 Å². The molecule has 0 aliphatic rings. The van der Waals surface area contributed by atoms with Crippen molar-refractivity contribution in [2.45, 2.75) is 52.7 Å². The van der Waals surface area contributed by atoms with Crippen molar-refractivity contribution in [3.05, 3.63) is 86.6 Å². The van der Waals surface area contributed by atoms with Crippen molar-refractivity contribution in [1.82, 2.24) is 9.55 Å². The second-order valence-corrected chi connectivity index (χ2v) is 8.11. The minimum atomic E-state index is -0.670. The SMILES string of the molecule is CCCCN(C(=O)c1cccc(OCc2ccccc2)c1)c1c(N)n(CCCC)c(=O)[nH]c1=O. The summed E-state index contributed by atoms with van der Waals surface area (Å²) in [4.78, 5) is 42.4. The third-order valence-corrected chi connectivity index (χ3v) is 5.53.